The van der Waals surface area contributed by atoms with Crippen LogP contribution in [0.2, 0.25) is 5.02 Å². The fourth-order valence-corrected chi connectivity index (χ4v) is 2.54. The van der Waals surface area contributed by atoms with Gasteiger partial charge < -0.3 is 10.1 Å². The fourth-order valence-electron chi connectivity index (χ4n) is 2.35. The smallest absolute Gasteiger partial charge is 0.408 e. The summed E-state index contributed by atoms with van der Waals surface area (Å²) in [6.45, 7) is 0.276. The summed E-state index contributed by atoms with van der Waals surface area (Å²) in [5, 5.41) is 3.64. The monoisotopic (exact) mass is 301 g/mol. The van der Waals surface area contributed by atoms with Crippen molar-refractivity contribution >= 4 is 17.7 Å². The van der Waals surface area contributed by atoms with Crippen LogP contribution in [-0.2, 0) is 16.9 Å². The van der Waals surface area contributed by atoms with Crippen LogP contribution in [0.4, 0.5) is 4.79 Å². The third-order valence-corrected chi connectivity index (χ3v) is 3.92. The molecule has 2 aromatic rings. The van der Waals surface area contributed by atoms with Gasteiger partial charge >= 0.3 is 6.09 Å². The van der Waals surface area contributed by atoms with E-state index in [1.54, 1.807) is 0 Å². The Bertz CT molecular complexity index is 638. The highest BCUT2D eigenvalue weighted by Gasteiger charge is 2.46. The summed E-state index contributed by atoms with van der Waals surface area (Å²) in [6.07, 6.45) is 1.43. The molecule has 2 aromatic carbocycles. The summed E-state index contributed by atoms with van der Waals surface area (Å²) in [7, 11) is 0. The van der Waals surface area contributed by atoms with Crippen molar-refractivity contribution in [1.29, 1.82) is 0 Å². The summed E-state index contributed by atoms with van der Waals surface area (Å²) in [5.74, 6) is 0. The first-order valence-electron chi connectivity index (χ1n) is 6.93. The zero-order chi connectivity index (χ0) is 14.7. The minimum Gasteiger partial charge on any atom is -0.445 e. The Balaban J connectivity index is 1.60. The molecule has 3 nitrogen and oxygen atoms in total. The van der Waals surface area contributed by atoms with Gasteiger partial charge in [0.05, 0.1) is 5.54 Å². The number of halogens is 1. The van der Waals surface area contributed by atoms with Gasteiger partial charge in [0.15, 0.2) is 0 Å². The highest BCUT2D eigenvalue weighted by Crippen LogP contribution is 2.46. The number of rotatable bonds is 4. The summed E-state index contributed by atoms with van der Waals surface area (Å²) in [5.41, 5.74) is 1.70. The Morgan fingerprint density at radius 1 is 1.14 bits per heavy atom. The lowest BCUT2D eigenvalue weighted by atomic mass is 10.1. The van der Waals surface area contributed by atoms with Crippen molar-refractivity contribution in [2.45, 2.75) is 25.0 Å². The average Bonchev–Trinajstić information content (AvgIpc) is 3.27. The predicted molar refractivity (Wildman–Crippen MR) is 82.1 cm³/mol. The number of amides is 1. The van der Waals surface area contributed by atoms with Crippen molar-refractivity contribution in [3.63, 3.8) is 0 Å². The molecule has 1 aliphatic carbocycles. The first-order chi connectivity index (χ1) is 10.2. The van der Waals surface area contributed by atoms with E-state index in [4.69, 9.17) is 16.3 Å². The van der Waals surface area contributed by atoms with Crippen molar-refractivity contribution in [2.75, 3.05) is 0 Å². The van der Waals surface area contributed by atoms with Gasteiger partial charge in [0.1, 0.15) is 6.61 Å². The lowest BCUT2D eigenvalue weighted by Crippen LogP contribution is -2.35. The maximum atomic E-state index is 12.0. The number of hydrogen-bond acceptors (Lipinski definition) is 2. The minimum atomic E-state index is -0.392. The van der Waals surface area contributed by atoms with E-state index < -0.39 is 6.09 Å². The van der Waals surface area contributed by atoms with Gasteiger partial charge in [-0.15, -0.1) is 0 Å². The molecule has 108 valence electrons. The van der Waals surface area contributed by atoms with Gasteiger partial charge in [-0.05, 0) is 36.1 Å². The van der Waals surface area contributed by atoms with Crippen LogP contribution in [0.3, 0.4) is 0 Å². The number of benzene rings is 2. The molecule has 0 bridgehead atoms. The van der Waals surface area contributed by atoms with Crippen LogP contribution < -0.4 is 5.32 Å². The van der Waals surface area contributed by atoms with Crippen LogP contribution in [0, 0.1) is 0 Å². The minimum absolute atomic E-state index is 0.276. The van der Waals surface area contributed by atoms with Gasteiger partial charge in [-0.1, -0.05) is 54.1 Å². The van der Waals surface area contributed by atoms with Crippen molar-refractivity contribution in [3.8, 4) is 0 Å². The molecule has 3 rings (SSSR count). The van der Waals surface area contributed by atoms with Crippen LogP contribution in [-0.4, -0.2) is 6.09 Å². The average molecular weight is 302 g/mol. The SMILES string of the molecule is O=C(NC1(c2cccc(Cl)c2)CC1)OCc1ccccc1. The summed E-state index contributed by atoms with van der Waals surface area (Å²) in [6, 6.07) is 17.2. The van der Waals surface area contributed by atoms with Gasteiger partial charge in [-0.3, -0.25) is 0 Å². The lowest BCUT2D eigenvalue weighted by molar-refractivity contribution is 0.134. The maximum absolute atomic E-state index is 12.0. The molecule has 1 saturated carbocycles. The molecule has 0 aliphatic heterocycles. The standard InChI is InChI=1S/C17H16ClNO2/c18-15-8-4-7-14(11-15)17(9-10-17)19-16(20)21-12-13-5-2-1-3-6-13/h1-8,11H,9-10,12H2,(H,19,20). The van der Waals surface area contributed by atoms with E-state index in [2.05, 4.69) is 5.32 Å². The zero-order valence-electron chi connectivity index (χ0n) is 11.5. The maximum Gasteiger partial charge on any atom is 0.408 e. The van der Waals surface area contributed by atoms with Gasteiger partial charge in [-0.2, -0.15) is 0 Å². The number of hydrogen-bond donors (Lipinski definition) is 1. The van der Waals surface area contributed by atoms with E-state index in [9.17, 15) is 4.79 Å². The molecular weight excluding hydrogens is 286 g/mol. The highest BCUT2D eigenvalue weighted by atomic mass is 35.5. The van der Waals surface area contributed by atoms with Crippen LogP contribution in [0.5, 0.6) is 0 Å². The number of nitrogens with one attached hydrogen (secondary N) is 1. The Morgan fingerprint density at radius 2 is 1.90 bits per heavy atom. The molecule has 0 aromatic heterocycles. The predicted octanol–water partition coefficient (Wildman–Crippen LogP) is 4.26. The van der Waals surface area contributed by atoms with Crippen molar-refractivity contribution in [3.05, 3.63) is 70.7 Å². The Labute approximate surface area is 128 Å². The van der Waals surface area contributed by atoms with Gasteiger partial charge in [-0.25, -0.2) is 4.79 Å². The molecule has 1 fully saturated rings. The van der Waals surface area contributed by atoms with E-state index in [0.29, 0.717) is 5.02 Å². The molecule has 0 unspecified atom stereocenters. The van der Waals surface area contributed by atoms with E-state index in [0.717, 1.165) is 24.0 Å². The van der Waals surface area contributed by atoms with Gasteiger partial charge in [0, 0.05) is 5.02 Å². The Hall–Kier alpha value is -2.00. The summed E-state index contributed by atoms with van der Waals surface area (Å²) < 4.78 is 5.27. The topological polar surface area (TPSA) is 38.3 Å². The van der Waals surface area contributed by atoms with E-state index in [-0.39, 0.29) is 12.1 Å². The summed E-state index contributed by atoms with van der Waals surface area (Å²) >= 11 is 6.01. The van der Waals surface area contributed by atoms with Gasteiger partial charge in [0.25, 0.3) is 0 Å². The molecule has 0 atom stereocenters. The quantitative estimate of drug-likeness (QED) is 0.916. The molecule has 0 radical (unpaired) electrons. The highest BCUT2D eigenvalue weighted by molar-refractivity contribution is 6.30. The zero-order valence-corrected chi connectivity index (χ0v) is 12.3. The second-order valence-electron chi connectivity index (χ2n) is 5.28. The van der Waals surface area contributed by atoms with E-state index in [1.807, 2.05) is 54.6 Å². The Morgan fingerprint density at radius 3 is 2.57 bits per heavy atom. The molecule has 0 heterocycles. The normalized spacial score (nSPS) is 15.3. The van der Waals surface area contributed by atoms with Crippen LogP contribution >= 0.6 is 11.6 Å². The molecule has 1 N–H and O–H groups in total. The molecule has 1 amide bonds. The summed E-state index contributed by atoms with van der Waals surface area (Å²) in [4.78, 5) is 12.0. The van der Waals surface area contributed by atoms with Crippen LogP contribution in [0.15, 0.2) is 54.6 Å². The lowest BCUT2D eigenvalue weighted by Gasteiger charge is -2.18. The molecular formula is C17H16ClNO2. The van der Waals surface area contributed by atoms with Crippen molar-refractivity contribution in [2.24, 2.45) is 0 Å². The third-order valence-electron chi connectivity index (χ3n) is 3.68. The molecule has 1 aliphatic rings. The second-order valence-corrected chi connectivity index (χ2v) is 5.72. The largest absolute Gasteiger partial charge is 0.445 e. The molecule has 0 spiro atoms. The number of alkyl carbamates (subject to hydrolysis) is 1. The first-order valence-corrected chi connectivity index (χ1v) is 7.31. The molecule has 21 heavy (non-hydrogen) atoms. The van der Waals surface area contributed by atoms with Crippen molar-refractivity contribution < 1.29 is 9.53 Å². The first kappa shape index (κ1) is 14.0. The van der Waals surface area contributed by atoms with E-state index in [1.165, 1.54) is 0 Å². The van der Waals surface area contributed by atoms with Gasteiger partial charge in [0.2, 0.25) is 0 Å². The number of carbonyl (C=O) groups excluding carboxylic acids is 1. The third kappa shape index (κ3) is 3.37. The number of carbonyl (C=O) groups is 1. The van der Waals surface area contributed by atoms with E-state index >= 15 is 0 Å². The Kier molecular flexibility index (Phi) is 3.84. The fraction of sp³-hybridized carbons (Fsp3) is 0.235. The number of ether oxygens (including phenoxy) is 1. The second kappa shape index (κ2) is 5.78. The van der Waals surface area contributed by atoms with Crippen LogP contribution in [0.25, 0.3) is 0 Å². The van der Waals surface area contributed by atoms with Crippen LogP contribution in [0.1, 0.15) is 24.0 Å². The van der Waals surface area contributed by atoms with Crippen molar-refractivity contribution in [1.82, 2.24) is 5.32 Å². The molecule has 0 saturated heterocycles. The molecule has 4 heteroatoms.